The van der Waals surface area contributed by atoms with Gasteiger partial charge < -0.3 is 4.74 Å². The quantitative estimate of drug-likeness (QED) is 0.788. The maximum Gasteiger partial charge on any atom is 0.167 e. The lowest BCUT2D eigenvalue weighted by Gasteiger charge is -2.04. The summed E-state index contributed by atoms with van der Waals surface area (Å²) in [7, 11) is 0. The molecule has 0 unspecified atom stereocenters. The lowest BCUT2D eigenvalue weighted by molar-refractivity contribution is 0.0993. The van der Waals surface area contributed by atoms with Gasteiger partial charge in [-0.1, -0.05) is 12.1 Å². The fourth-order valence-electron chi connectivity index (χ4n) is 2.25. The summed E-state index contributed by atoms with van der Waals surface area (Å²) < 4.78 is 18.2. The average Bonchev–Trinajstić information content (AvgIpc) is 2.88. The first-order valence-electron chi connectivity index (χ1n) is 6.26. The van der Waals surface area contributed by atoms with Crippen LogP contribution >= 0.6 is 0 Å². The van der Waals surface area contributed by atoms with E-state index in [2.05, 4.69) is 0 Å². The van der Waals surface area contributed by atoms with Crippen molar-refractivity contribution in [2.45, 2.75) is 12.8 Å². The van der Waals surface area contributed by atoms with Crippen molar-refractivity contribution in [2.75, 3.05) is 6.61 Å². The molecule has 1 aliphatic heterocycles. The molecule has 0 saturated heterocycles. The number of benzene rings is 2. The monoisotopic (exact) mass is 256 g/mol. The van der Waals surface area contributed by atoms with E-state index in [1.807, 2.05) is 12.1 Å². The first kappa shape index (κ1) is 11.9. The van der Waals surface area contributed by atoms with Crippen molar-refractivity contribution in [1.29, 1.82) is 0 Å². The summed E-state index contributed by atoms with van der Waals surface area (Å²) in [6, 6.07) is 11.6. The van der Waals surface area contributed by atoms with Crippen LogP contribution in [0.3, 0.4) is 0 Å². The van der Waals surface area contributed by atoms with Crippen molar-refractivity contribution in [3.63, 3.8) is 0 Å². The summed E-state index contributed by atoms with van der Waals surface area (Å²) in [6.45, 7) is 0.685. The van der Waals surface area contributed by atoms with Gasteiger partial charge in [0.05, 0.1) is 6.61 Å². The van der Waals surface area contributed by atoms with Gasteiger partial charge >= 0.3 is 0 Å². The maximum absolute atomic E-state index is 12.8. The molecule has 0 atom stereocenters. The van der Waals surface area contributed by atoms with Gasteiger partial charge in [0.25, 0.3) is 0 Å². The van der Waals surface area contributed by atoms with Crippen molar-refractivity contribution >= 4 is 5.78 Å². The predicted octanol–water partition coefficient (Wildman–Crippen LogP) is 3.19. The van der Waals surface area contributed by atoms with Crippen molar-refractivity contribution in [3.05, 3.63) is 65.0 Å². The largest absolute Gasteiger partial charge is 0.493 e. The fraction of sp³-hybridized carbons (Fsp3) is 0.188. The summed E-state index contributed by atoms with van der Waals surface area (Å²) in [5.74, 6) is 0.630. The molecule has 0 bridgehead atoms. The van der Waals surface area contributed by atoms with Gasteiger partial charge in [0.1, 0.15) is 11.6 Å². The van der Waals surface area contributed by atoms with E-state index in [-0.39, 0.29) is 11.6 Å². The number of hydrogen-bond acceptors (Lipinski definition) is 2. The van der Waals surface area contributed by atoms with E-state index < -0.39 is 0 Å². The van der Waals surface area contributed by atoms with Crippen LogP contribution in [0.4, 0.5) is 4.39 Å². The highest BCUT2D eigenvalue weighted by Crippen LogP contribution is 2.26. The Balaban J connectivity index is 1.78. The minimum Gasteiger partial charge on any atom is -0.493 e. The minimum absolute atomic E-state index is 0.0429. The Kier molecular flexibility index (Phi) is 3.03. The van der Waals surface area contributed by atoms with Crippen LogP contribution in [0.1, 0.15) is 21.5 Å². The molecule has 3 heteroatoms. The van der Waals surface area contributed by atoms with Crippen LogP contribution in [-0.4, -0.2) is 12.4 Å². The molecule has 3 rings (SSSR count). The Labute approximate surface area is 110 Å². The smallest absolute Gasteiger partial charge is 0.167 e. The van der Waals surface area contributed by atoms with Gasteiger partial charge in [-0.25, -0.2) is 4.39 Å². The van der Waals surface area contributed by atoms with Crippen molar-refractivity contribution in [3.8, 4) is 5.75 Å². The molecular formula is C16H13FO2. The van der Waals surface area contributed by atoms with E-state index in [1.165, 1.54) is 12.1 Å². The minimum atomic E-state index is -0.286. The third-order valence-corrected chi connectivity index (χ3v) is 3.29. The number of fused-ring (bicyclic) bond motifs is 1. The molecule has 0 N–H and O–H groups in total. The highest BCUT2D eigenvalue weighted by Gasteiger charge is 2.15. The SMILES string of the molecule is O=C(Cc1ccc(F)cc1)c1ccc2c(c1)CCO2. The summed E-state index contributed by atoms with van der Waals surface area (Å²) in [6.07, 6.45) is 1.15. The molecule has 0 saturated carbocycles. The van der Waals surface area contributed by atoms with Gasteiger partial charge in [0.2, 0.25) is 0 Å². The van der Waals surface area contributed by atoms with Crippen molar-refractivity contribution < 1.29 is 13.9 Å². The molecule has 1 aliphatic rings. The molecule has 0 aromatic heterocycles. The number of halogens is 1. The second-order valence-electron chi connectivity index (χ2n) is 4.65. The van der Waals surface area contributed by atoms with Crippen LogP contribution in [0.25, 0.3) is 0 Å². The highest BCUT2D eigenvalue weighted by molar-refractivity contribution is 5.97. The normalized spacial score (nSPS) is 12.9. The van der Waals surface area contributed by atoms with E-state index in [1.54, 1.807) is 18.2 Å². The molecule has 0 spiro atoms. The Morgan fingerprint density at radius 2 is 1.95 bits per heavy atom. The van der Waals surface area contributed by atoms with Crippen LogP contribution in [0.5, 0.6) is 5.75 Å². The zero-order valence-corrected chi connectivity index (χ0v) is 10.4. The topological polar surface area (TPSA) is 26.3 Å². The van der Waals surface area contributed by atoms with E-state index >= 15 is 0 Å². The lowest BCUT2D eigenvalue weighted by Crippen LogP contribution is -2.03. The van der Waals surface area contributed by atoms with Gasteiger partial charge in [-0.05, 0) is 41.5 Å². The van der Waals surface area contributed by atoms with Gasteiger partial charge in [0.15, 0.2) is 5.78 Å². The number of Topliss-reactive ketones (excluding diaryl/α,β-unsaturated/α-hetero) is 1. The molecule has 0 amide bonds. The summed E-state index contributed by atoms with van der Waals surface area (Å²) in [4.78, 5) is 12.2. The molecular weight excluding hydrogens is 243 g/mol. The third-order valence-electron chi connectivity index (χ3n) is 3.29. The highest BCUT2D eigenvalue weighted by atomic mass is 19.1. The van der Waals surface area contributed by atoms with Gasteiger partial charge in [0, 0.05) is 18.4 Å². The van der Waals surface area contributed by atoms with Crippen LogP contribution in [0.2, 0.25) is 0 Å². The van der Waals surface area contributed by atoms with Crippen LogP contribution in [0.15, 0.2) is 42.5 Å². The van der Waals surface area contributed by atoms with E-state index in [0.717, 1.165) is 23.3 Å². The summed E-state index contributed by atoms with van der Waals surface area (Å²) in [5.41, 5.74) is 2.60. The summed E-state index contributed by atoms with van der Waals surface area (Å²) in [5, 5.41) is 0. The molecule has 1 heterocycles. The van der Waals surface area contributed by atoms with Gasteiger partial charge in [-0.3, -0.25) is 4.79 Å². The van der Waals surface area contributed by atoms with Crippen molar-refractivity contribution in [2.24, 2.45) is 0 Å². The number of ketones is 1. The molecule has 2 aromatic rings. The van der Waals surface area contributed by atoms with E-state index in [4.69, 9.17) is 4.74 Å². The second kappa shape index (κ2) is 4.84. The first-order valence-corrected chi connectivity index (χ1v) is 6.26. The maximum atomic E-state index is 12.8. The van der Waals surface area contributed by atoms with E-state index in [9.17, 15) is 9.18 Å². The Morgan fingerprint density at radius 1 is 1.16 bits per heavy atom. The zero-order chi connectivity index (χ0) is 13.2. The number of hydrogen-bond donors (Lipinski definition) is 0. The Bertz CT molecular complexity index is 617. The first-order chi connectivity index (χ1) is 9.22. The molecule has 19 heavy (non-hydrogen) atoms. The standard InChI is InChI=1S/C16H13FO2/c17-14-4-1-11(2-5-14)9-15(18)12-3-6-16-13(10-12)7-8-19-16/h1-6,10H,7-9H2. The number of ether oxygens (including phenoxy) is 1. The third kappa shape index (κ3) is 2.50. The lowest BCUT2D eigenvalue weighted by atomic mass is 10.0. The van der Waals surface area contributed by atoms with E-state index in [0.29, 0.717) is 18.6 Å². The number of carbonyl (C=O) groups is 1. The molecule has 0 radical (unpaired) electrons. The molecule has 96 valence electrons. The second-order valence-corrected chi connectivity index (χ2v) is 4.65. The predicted molar refractivity (Wildman–Crippen MR) is 70.1 cm³/mol. The average molecular weight is 256 g/mol. The Hall–Kier alpha value is -2.16. The number of carbonyl (C=O) groups excluding carboxylic acids is 1. The molecule has 2 aromatic carbocycles. The van der Waals surface area contributed by atoms with Crippen molar-refractivity contribution in [1.82, 2.24) is 0 Å². The summed E-state index contributed by atoms with van der Waals surface area (Å²) >= 11 is 0. The number of rotatable bonds is 3. The zero-order valence-electron chi connectivity index (χ0n) is 10.4. The fourth-order valence-corrected chi connectivity index (χ4v) is 2.25. The molecule has 0 fully saturated rings. The van der Waals surface area contributed by atoms with Crippen LogP contribution in [-0.2, 0) is 12.8 Å². The van der Waals surface area contributed by atoms with Crippen LogP contribution < -0.4 is 4.74 Å². The van der Waals surface area contributed by atoms with Crippen LogP contribution in [0, 0.1) is 5.82 Å². The molecule has 2 nitrogen and oxygen atoms in total. The molecule has 0 aliphatic carbocycles. The van der Waals surface area contributed by atoms with Gasteiger partial charge in [-0.2, -0.15) is 0 Å². The van der Waals surface area contributed by atoms with Gasteiger partial charge in [-0.15, -0.1) is 0 Å². The Morgan fingerprint density at radius 3 is 2.74 bits per heavy atom.